The van der Waals surface area contributed by atoms with Gasteiger partial charge in [0, 0.05) is 26.2 Å². The summed E-state index contributed by atoms with van der Waals surface area (Å²) in [5.74, 6) is 1.22. The number of nitrogens with zero attached hydrogens (tertiary/aromatic N) is 3. The molecule has 68 valence electrons. The van der Waals surface area contributed by atoms with Gasteiger partial charge in [0.25, 0.3) is 0 Å². The summed E-state index contributed by atoms with van der Waals surface area (Å²) in [6.07, 6.45) is 0. The Labute approximate surface area is 74.1 Å². The summed E-state index contributed by atoms with van der Waals surface area (Å²) in [4.78, 5) is 9.36. The Morgan fingerprint density at radius 1 is 1.00 bits per heavy atom. The lowest BCUT2D eigenvalue weighted by Gasteiger charge is -2.17. The standard InChI is InChI=1S/C9H17N3/c1-9(2,3)10-8(11-4-5-11)12-6-7-12/h4-7H2,1-3H3. The Morgan fingerprint density at radius 2 is 1.42 bits per heavy atom. The number of aliphatic imine (C=N–C) groups is 1. The average Bonchev–Trinajstić information content (AvgIpc) is 2.78. The summed E-state index contributed by atoms with van der Waals surface area (Å²) in [6.45, 7) is 11.3. The molecule has 2 aliphatic heterocycles. The molecule has 0 spiro atoms. The second kappa shape index (κ2) is 2.38. The van der Waals surface area contributed by atoms with Gasteiger partial charge in [-0.25, -0.2) is 4.99 Å². The first-order valence-corrected chi connectivity index (χ1v) is 4.66. The minimum Gasteiger partial charge on any atom is -0.339 e. The second-order valence-electron chi connectivity index (χ2n) is 4.56. The number of guanidine groups is 1. The molecular formula is C9H17N3. The van der Waals surface area contributed by atoms with Crippen LogP contribution in [-0.4, -0.2) is 47.5 Å². The Hall–Kier alpha value is -0.730. The minimum atomic E-state index is 0.0700. The van der Waals surface area contributed by atoms with Crippen LogP contribution in [0.1, 0.15) is 20.8 Å². The highest BCUT2D eigenvalue weighted by Crippen LogP contribution is 2.19. The fourth-order valence-electron chi connectivity index (χ4n) is 1.14. The van der Waals surface area contributed by atoms with Crippen LogP contribution in [0.2, 0.25) is 0 Å². The first-order valence-electron chi connectivity index (χ1n) is 4.66. The van der Waals surface area contributed by atoms with Gasteiger partial charge in [-0.15, -0.1) is 0 Å². The smallest absolute Gasteiger partial charge is 0.197 e. The van der Waals surface area contributed by atoms with Gasteiger partial charge in [0.1, 0.15) is 0 Å². The number of hydrogen-bond acceptors (Lipinski definition) is 1. The summed E-state index contributed by atoms with van der Waals surface area (Å²) in [5, 5.41) is 0. The van der Waals surface area contributed by atoms with E-state index in [9.17, 15) is 0 Å². The summed E-state index contributed by atoms with van der Waals surface area (Å²) >= 11 is 0. The third kappa shape index (κ3) is 1.90. The van der Waals surface area contributed by atoms with E-state index >= 15 is 0 Å². The zero-order valence-corrected chi connectivity index (χ0v) is 8.17. The van der Waals surface area contributed by atoms with Gasteiger partial charge in [0.15, 0.2) is 5.96 Å². The van der Waals surface area contributed by atoms with Crippen molar-refractivity contribution in [3.63, 3.8) is 0 Å². The van der Waals surface area contributed by atoms with Crippen LogP contribution in [-0.2, 0) is 0 Å². The largest absolute Gasteiger partial charge is 0.339 e. The highest BCUT2D eigenvalue weighted by molar-refractivity contribution is 5.84. The molecule has 0 bridgehead atoms. The number of rotatable bonds is 0. The molecule has 2 rings (SSSR count). The highest BCUT2D eigenvalue weighted by Gasteiger charge is 2.33. The van der Waals surface area contributed by atoms with E-state index in [1.54, 1.807) is 0 Å². The zero-order chi connectivity index (χ0) is 8.77. The summed E-state index contributed by atoms with van der Waals surface area (Å²) in [7, 11) is 0. The van der Waals surface area contributed by atoms with Crippen molar-refractivity contribution in [1.82, 2.24) is 9.80 Å². The molecule has 0 saturated carbocycles. The summed E-state index contributed by atoms with van der Waals surface area (Å²) in [5.41, 5.74) is 0.0700. The van der Waals surface area contributed by atoms with Gasteiger partial charge >= 0.3 is 0 Å². The molecule has 0 aliphatic carbocycles. The van der Waals surface area contributed by atoms with Crippen LogP contribution in [0, 0.1) is 0 Å². The summed E-state index contributed by atoms with van der Waals surface area (Å²) < 4.78 is 0. The predicted molar refractivity (Wildman–Crippen MR) is 50.3 cm³/mol. The molecule has 0 aromatic carbocycles. The lowest BCUT2D eigenvalue weighted by atomic mass is 10.1. The number of hydrogen-bond donors (Lipinski definition) is 0. The van der Waals surface area contributed by atoms with Crippen molar-refractivity contribution in [1.29, 1.82) is 0 Å². The van der Waals surface area contributed by atoms with Crippen LogP contribution in [0.4, 0.5) is 0 Å². The maximum Gasteiger partial charge on any atom is 0.197 e. The molecule has 2 saturated heterocycles. The van der Waals surface area contributed by atoms with E-state index in [1.165, 1.54) is 32.1 Å². The van der Waals surface area contributed by atoms with Crippen LogP contribution in [0.3, 0.4) is 0 Å². The maximum absolute atomic E-state index is 4.70. The Balaban J connectivity index is 2.08. The van der Waals surface area contributed by atoms with E-state index in [2.05, 4.69) is 30.6 Å². The van der Waals surface area contributed by atoms with Crippen molar-refractivity contribution < 1.29 is 0 Å². The molecule has 2 heterocycles. The Morgan fingerprint density at radius 3 is 1.67 bits per heavy atom. The van der Waals surface area contributed by atoms with Gasteiger partial charge in [-0.3, -0.25) is 0 Å². The normalized spacial score (nSPS) is 20.9. The fraction of sp³-hybridized carbons (Fsp3) is 0.889. The van der Waals surface area contributed by atoms with E-state index in [0.717, 1.165) is 0 Å². The first-order chi connectivity index (χ1) is 5.56. The third-order valence-corrected chi connectivity index (χ3v) is 1.90. The molecule has 0 aromatic rings. The Bertz CT molecular complexity index is 192. The molecule has 12 heavy (non-hydrogen) atoms. The van der Waals surface area contributed by atoms with Crippen LogP contribution >= 0.6 is 0 Å². The maximum atomic E-state index is 4.70. The van der Waals surface area contributed by atoms with Crippen molar-refractivity contribution in [2.75, 3.05) is 26.2 Å². The van der Waals surface area contributed by atoms with Crippen molar-refractivity contribution in [3.8, 4) is 0 Å². The topological polar surface area (TPSA) is 18.4 Å². The molecule has 0 amide bonds. The van der Waals surface area contributed by atoms with Crippen molar-refractivity contribution in [2.45, 2.75) is 26.3 Å². The molecule has 3 heteroatoms. The third-order valence-electron chi connectivity index (χ3n) is 1.90. The molecular weight excluding hydrogens is 150 g/mol. The summed E-state index contributed by atoms with van der Waals surface area (Å²) in [6, 6.07) is 0. The molecule has 0 radical (unpaired) electrons. The highest BCUT2D eigenvalue weighted by atomic mass is 15.5. The lowest BCUT2D eigenvalue weighted by molar-refractivity contribution is 0.549. The quantitative estimate of drug-likeness (QED) is 0.301. The minimum absolute atomic E-state index is 0.0700. The zero-order valence-electron chi connectivity index (χ0n) is 8.17. The van der Waals surface area contributed by atoms with Crippen LogP contribution < -0.4 is 0 Å². The van der Waals surface area contributed by atoms with Crippen molar-refractivity contribution in [2.24, 2.45) is 4.99 Å². The van der Waals surface area contributed by atoms with E-state index in [0.29, 0.717) is 0 Å². The van der Waals surface area contributed by atoms with Gasteiger partial charge in [0.2, 0.25) is 0 Å². The molecule has 2 aliphatic rings. The van der Waals surface area contributed by atoms with E-state index in [4.69, 9.17) is 4.99 Å². The van der Waals surface area contributed by atoms with Crippen LogP contribution in [0.5, 0.6) is 0 Å². The second-order valence-corrected chi connectivity index (χ2v) is 4.56. The molecule has 0 aromatic heterocycles. The van der Waals surface area contributed by atoms with Crippen LogP contribution in [0.25, 0.3) is 0 Å². The molecule has 0 atom stereocenters. The molecule has 3 nitrogen and oxygen atoms in total. The lowest BCUT2D eigenvalue weighted by Crippen LogP contribution is -2.26. The van der Waals surface area contributed by atoms with E-state index in [1.807, 2.05) is 0 Å². The van der Waals surface area contributed by atoms with Crippen molar-refractivity contribution >= 4 is 5.96 Å². The van der Waals surface area contributed by atoms with E-state index in [-0.39, 0.29) is 5.54 Å². The monoisotopic (exact) mass is 167 g/mol. The van der Waals surface area contributed by atoms with Gasteiger partial charge in [-0.05, 0) is 20.8 Å². The molecule has 0 unspecified atom stereocenters. The Kier molecular flexibility index (Phi) is 1.56. The molecule has 0 N–H and O–H groups in total. The van der Waals surface area contributed by atoms with Crippen LogP contribution in [0.15, 0.2) is 4.99 Å². The average molecular weight is 167 g/mol. The van der Waals surface area contributed by atoms with Gasteiger partial charge < -0.3 is 9.80 Å². The van der Waals surface area contributed by atoms with Gasteiger partial charge in [-0.1, -0.05) is 0 Å². The van der Waals surface area contributed by atoms with Crippen molar-refractivity contribution in [3.05, 3.63) is 0 Å². The van der Waals surface area contributed by atoms with Gasteiger partial charge in [-0.2, -0.15) is 0 Å². The SMILES string of the molecule is CC(C)(C)N=C(N1CC1)N1CC1. The predicted octanol–water partition coefficient (Wildman–Crippen LogP) is 0.772. The molecule has 2 fully saturated rings. The van der Waals surface area contributed by atoms with E-state index < -0.39 is 0 Å². The first kappa shape index (κ1) is 7.90. The van der Waals surface area contributed by atoms with Gasteiger partial charge in [0.05, 0.1) is 5.54 Å². The fourth-order valence-corrected chi connectivity index (χ4v) is 1.14.